The molecule has 0 radical (unpaired) electrons. The number of nitrogens with two attached hydrogens (primary N) is 2. The van der Waals surface area contributed by atoms with Gasteiger partial charge in [0, 0.05) is 30.4 Å². The molecule has 3 aromatic rings. The summed E-state index contributed by atoms with van der Waals surface area (Å²) in [4.78, 5) is 4.90. The summed E-state index contributed by atoms with van der Waals surface area (Å²) in [6.45, 7) is 0. The number of hydrogen-bond donors (Lipinski definition) is 2. The van der Waals surface area contributed by atoms with Crippen LogP contribution in [0.5, 0.6) is 0 Å². The predicted molar refractivity (Wildman–Crippen MR) is 101 cm³/mol. The number of nitrogen functional groups attached to an aromatic ring is 1. The summed E-state index contributed by atoms with van der Waals surface area (Å²) in [5.74, 6) is 1.13. The van der Waals surface area contributed by atoms with Crippen LogP contribution in [0.2, 0.25) is 0 Å². The summed E-state index contributed by atoms with van der Waals surface area (Å²) in [6.07, 6.45) is 11.0. The highest BCUT2D eigenvalue weighted by Crippen LogP contribution is 2.33. The Morgan fingerprint density at radius 2 is 2.12 bits per heavy atom. The van der Waals surface area contributed by atoms with Crippen molar-refractivity contribution in [1.82, 2.24) is 24.4 Å². The quantitative estimate of drug-likeness (QED) is 0.699. The topological polar surface area (TPSA) is 100 Å². The molecule has 3 aromatic heterocycles. The molecule has 0 aliphatic heterocycles. The molecule has 8 heteroatoms. The van der Waals surface area contributed by atoms with E-state index in [9.17, 15) is 0 Å². The molecule has 0 unspecified atom stereocenters. The molecule has 0 aromatic carbocycles. The van der Waals surface area contributed by atoms with E-state index >= 15 is 0 Å². The van der Waals surface area contributed by atoms with Gasteiger partial charge in [0.2, 0.25) is 0 Å². The van der Waals surface area contributed by atoms with Crippen LogP contribution in [0, 0.1) is 5.92 Å². The summed E-state index contributed by atoms with van der Waals surface area (Å²) in [5, 5.41) is 8.65. The zero-order valence-electron chi connectivity index (χ0n) is 14.2. The zero-order chi connectivity index (χ0) is 17.6. The maximum absolute atomic E-state index is 6.32. The number of hydrogen-bond acceptors (Lipinski definition) is 5. The number of rotatable bonds is 3. The normalized spacial score (nSPS) is 21.1. The number of aryl methyl sites for hydroxylation is 1. The van der Waals surface area contributed by atoms with Crippen molar-refractivity contribution < 1.29 is 0 Å². The molecule has 0 bridgehead atoms. The molecular formula is C17H22BrN7. The molecule has 1 aliphatic rings. The maximum Gasteiger partial charge on any atom is 0.165 e. The average molecular weight is 404 g/mol. The molecule has 2 atom stereocenters. The number of nitrogens with zero attached hydrogens (tertiary/aromatic N) is 5. The second-order valence-corrected chi connectivity index (χ2v) is 7.74. The lowest BCUT2D eigenvalue weighted by Gasteiger charge is -2.26. The summed E-state index contributed by atoms with van der Waals surface area (Å²) < 4.78 is 4.29. The van der Waals surface area contributed by atoms with Crippen molar-refractivity contribution >= 4 is 27.4 Å². The lowest BCUT2D eigenvalue weighted by Crippen LogP contribution is -2.29. The molecule has 0 amide bonds. The minimum atomic E-state index is 0.305. The standard InChI is InChI=1S/C17H22BrN7/c1-24-9-11(7-21-24)13-8-22-25-16(20)15(18)14(23-17(13)25)6-10-3-2-4-12(19)5-10/h7-10,12H,2-6,19-20H2,1H3/t10-,12+/m0/s1. The van der Waals surface area contributed by atoms with Crippen molar-refractivity contribution in [3.8, 4) is 11.1 Å². The van der Waals surface area contributed by atoms with Crippen molar-refractivity contribution in [2.24, 2.45) is 18.7 Å². The maximum atomic E-state index is 6.32. The van der Waals surface area contributed by atoms with E-state index in [4.69, 9.17) is 16.5 Å². The molecule has 1 saturated carbocycles. The Hall–Kier alpha value is -1.93. The minimum Gasteiger partial charge on any atom is -0.383 e. The molecule has 7 nitrogen and oxygen atoms in total. The number of aromatic nitrogens is 5. The third kappa shape index (κ3) is 3.04. The van der Waals surface area contributed by atoms with Gasteiger partial charge < -0.3 is 11.5 Å². The van der Waals surface area contributed by atoms with E-state index in [2.05, 4.69) is 26.1 Å². The first-order valence-electron chi connectivity index (χ1n) is 8.59. The fourth-order valence-corrected chi connectivity index (χ4v) is 4.15. The number of fused-ring (bicyclic) bond motifs is 1. The predicted octanol–water partition coefficient (Wildman–Crippen LogP) is 2.53. The van der Waals surface area contributed by atoms with Gasteiger partial charge in [-0.1, -0.05) is 6.42 Å². The summed E-state index contributed by atoms with van der Waals surface area (Å²) in [6, 6.07) is 0.305. The van der Waals surface area contributed by atoms with E-state index in [1.54, 1.807) is 15.4 Å². The lowest BCUT2D eigenvalue weighted by atomic mass is 9.83. The average Bonchev–Trinajstić information content (AvgIpc) is 3.18. The molecule has 0 spiro atoms. The van der Waals surface area contributed by atoms with Gasteiger partial charge in [0.05, 0.1) is 22.6 Å². The second kappa shape index (κ2) is 6.42. The summed E-state index contributed by atoms with van der Waals surface area (Å²) in [7, 11) is 1.89. The van der Waals surface area contributed by atoms with Crippen molar-refractivity contribution in [3.05, 3.63) is 28.8 Å². The van der Waals surface area contributed by atoms with Crippen molar-refractivity contribution in [2.75, 3.05) is 5.73 Å². The Morgan fingerprint density at radius 1 is 1.28 bits per heavy atom. The first kappa shape index (κ1) is 16.5. The van der Waals surface area contributed by atoms with Gasteiger partial charge in [-0.05, 0) is 47.5 Å². The van der Waals surface area contributed by atoms with E-state index in [0.717, 1.165) is 46.2 Å². The smallest absolute Gasteiger partial charge is 0.165 e. The van der Waals surface area contributed by atoms with Gasteiger partial charge in [0.15, 0.2) is 5.65 Å². The number of halogens is 1. The first-order chi connectivity index (χ1) is 12.0. The van der Waals surface area contributed by atoms with Crippen LogP contribution < -0.4 is 11.5 Å². The van der Waals surface area contributed by atoms with Gasteiger partial charge in [0.25, 0.3) is 0 Å². The first-order valence-corrected chi connectivity index (χ1v) is 9.38. The SMILES string of the molecule is Cn1cc(-c2cnn3c(N)c(Br)c(C[C@H]4CCC[C@@H](N)C4)nc23)cn1. The van der Waals surface area contributed by atoms with E-state index in [0.29, 0.717) is 17.8 Å². The van der Waals surface area contributed by atoms with E-state index < -0.39 is 0 Å². The third-order valence-electron chi connectivity index (χ3n) is 5.01. The highest BCUT2D eigenvalue weighted by Gasteiger charge is 2.23. The van der Waals surface area contributed by atoms with Gasteiger partial charge >= 0.3 is 0 Å². The van der Waals surface area contributed by atoms with Crippen LogP contribution in [-0.2, 0) is 13.5 Å². The Bertz CT molecular complexity index is 913. The van der Waals surface area contributed by atoms with Crippen molar-refractivity contribution in [1.29, 1.82) is 0 Å². The van der Waals surface area contributed by atoms with Gasteiger partial charge in [-0.3, -0.25) is 4.68 Å². The van der Waals surface area contributed by atoms with Gasteiger partial charge in [0.1, 0.15) is 5.82 Å². The molecule has 4 N–H and O–H groups in total. The number of anilines is 1. The molecular weight excluding hydrogens is 382 g/mol. The lowest BCUT2D eigenvalue weighted by molar-refractivity contribution is 0.319. The zero-order valence-corrected chi connectivity index (χ0v) is 15.8. The van der Waals surface area contributed by atoms with E-state index in [-0.39, 0.29) is 0 Å². The Balaban J connectivity index is 1.75. The molecule has 3 heterocycles. The third-order valence-corrected chi connectivity index (χ3v) is 5.88. The van der Waals surface area contributed by atoms with Crippen LogP contribution in [0.25, 0.3) is 16.8 Å². The van der Waals surface area contributed by atoms with Crippen LogP contribution in [-0.4, -0.2) is 30.4 Å². The Morgan fingerprint density at radius 3 is 2.84 bits per heavy atom. The largest absolute Gasteiger partial charge is 0.383 e. The molecule has 4 rings (SSSR count). The Kier molecular flexibility index (Phi) is 4.24. The monoisotopic (exact) mass is 403 g/mol. The van der Waals surface area contributed by atoms with Crippen LogP contribution in [0.15, 0.2) is 23.1 Å². The highest BCUT2D eigenvalue weighted by atomic mass is 79.9. The van der Waals surface area contributed by atoms with E-state index in [1.165, 1.54) is 12.8 Å². The molecule has 1 aliphatic carbocycles. The fourth-order valence-electron chi connectivity index (χ4n) is 3.73. The minimum absolute atomic E-state index is 0.305. The second-order valence-electron chi connectivity index (χ2n) is 6.95. The van der Waals surface area contributed by atoms with Crippen molar-refractivity contribution in [2.45, 2.75) is 38.1 Å². The molecule has 1 fully saturated rings. The van der Waals surface area contributed by atoms with Crippen LogP contribution in [0.4, 0.5) is 5.82 Å². The Labute approximate surface area is 154 Å². The molecule has 132 valence electrons. The molecule has 0 saturated heterocycles. The highest BCUT2D eigenvalue weighted by molar-refractivity contribution is 9.10. The van der Waals surface area contributed by atoms with Gasteiger partial charge in [-0.2, -0.15) is 14.7 Å². The van der Waals surface area contributed by atoms with Crippen LogP contribution in [0.3, 0.4) is 0 Å². The van der Waals surface area contributed by atoms with Gasteiger partial charge in [-0.15, -0.1) is 0 Å². The fraction of sp³-hybridized carbons (Fsp3) is 0.471. The summed E-state index contributed by atoms with van der Waals surface area (Å²) >= 11 is 3.62. The van der Waals surface area contributed by atoms with Crippen molar-refractivity contribution in [3.63, 3.8) is 0 Å². The summed E-state index contributed by atoms with van der Waals surface area (Å²) in [5.41, 5.74) is 16.1. The van der Waals surface area contributed by atoms with Crippen LogP contribution >= 0.6 is 15.9 Å². The van der Waals surface area contributed by atoms with Gasteiger partial charge in [-0.25, -0.2) is 4.98 Å². The van der Waals surface area contributed by atoms with Crippen LogP contribution in [0.1, 0.15) is 31.4 Å². The van der Waals surface area contributed by atoms with E-state index in [1.807, 2.05) is 19.4 Å². The molecule has 25 heavy (non-hydrogen) atoms.